The number of fused-ring (bicyclic) bond motifs is 13. The lowest BCUT2D eigenvalue weighted by Crippen LogP contribution is -2.03. The van der Waals surface area contributed by atoms with Gasteiger partial charge in [0.2, 0.25) is 5.95 Å². The summed E-state index contributed by atoms with van der Waals surface area (Å²) in [5.74, 6) is 0.694. The van der Waals surface area contributed by atoms with Crippen LogP contribution < -0.4 is 0 Å². The minimum Gasteiger partial charge on any atom is -0.277 e. The zero-order valence-corrected chi connectivity index (χ0v) is 24.4. The van der Waals surface area contributed by atoms with E-state index in [4.69, 9.17) is 9.97 Å². The van der Waals surface area contributed by atoms with E-state index in [1.165, 1.54) is 56.6 Å². The van der Waals surface area contributed by atoms with E-state index in [0.717, 1.165) is 27.7 Å². The number of para-hydroxylation sites is 2. The van der Waals surface area contributed by atoms with Crippen LogP contribution >= 0.6 is 22.7 Å². The highest BCUT2D eigenvalue weighted by Gasteiger charge is 2.25. The third kappa shape index (κ3) is 3.18. The third-order valence-corrected chi connectivity index (χ3v) is 11.1. The van der Waals surface area contributed by atoms with Crippen molar-refractivity contribution < 1.29 is 0 Å². The zero-order valence-electron chi connectivity index (χ0n) is 22.8. The Morgan fingerprint density at radius 1 is 0.465 bits per heavy atom. The Kier molecular flexibility index (Phi) is 4.75. The Hall–Kier alpha value is -5.10. The van der Waals surface area contributed by atoms with Crippen molar-refractivity contribution in [2.24, 2.45) is 0 Å². The molecular weight excluding hydrogens is 563 g/mol. The largest absolute Gasteiger partial charge is 0.277 e. The van der Waals surface area contributed by atoms with Crippen LogP contribution in [0.2, 0.25) is 0 Å². The van der Waals surface area contributed by atoms with Gasteiger partial charge < -0.3 is 0 Å². The van der Waals surface area contributed by atoms with Crippen LogP contribution in [-0.4, -0.2) is 14.5 Å². The van der Waals surface area contributed by atoms with E-state index in [9.17, 15) is 0 Å². The summed E-state index contributed by atoms with van der Waals surface area (Å²) < 4.78 is 7.63. The Bertz CT molecular complexity index is 2730. The topological polar surface area (TPSA) is 30.7 Å². The minimum absolute atomic E-state index is 0.694. The minimum atomic E-state index is 0.694. The number of aromatic nitrogens is 3. The molecule has 0 atom stereocenters. The van der Waals surface area contributed by atoms with Crippen LogP contribution in [0, 0.1) is 0 Å². The van der Waals surface area contributed by atoms with E-state index in [1.807, 2.05) is 22.7 Å². The van der Waals surface area contributed by atoms with Crippen LogP contribution in [0.4, 0.5) is 0 Å². The Morgan fingerprint density at radius 2 is 1.05 bits per heavy atom. The maximum absolute atomic E-state index is 5.37. The van der Waals surface area contributed by atoms with Crippen LogP contribution in [-0.2, 0) is 0 Å². The summed E-state index contributed by atoms with van der Waals surface area (Å²) in [6.07, 6.45) is 0. The summed E-state index contributed by atoms with van der Waals surface area (Å²) in [4.78, 5) is 10.6. The first-order valence-electron chi connectivity index (χ1n) is 14.4. The molecule has 10 aromatic rings. The molecule has 4 aromatic heterocycles. The van der Waals surface area contributed by atoms with E-state index in [0.29, 0.717) is 5.95 Å². The Balaban J connectivity index is 1.49. The second-order valence-electron chi connectivity index (χ2n) is 10.9. The quantitative estimate of drug-likeness (QED) is 0.203. The van der Waals surface area contributed by atoms with Gasteiger partial charge in [-0.1, -0.05) is 103 Å². The summed E-state index contributed by atoms with van der Waals surface area (Å²) in [6, 6.07) is 45.2. The molecule has 6 aromatic carbocycles. The second kappa shape index (κ2) is 8.71. The predicted octanol–water partition coefficient (Wildman–Crippen LogP) is 11.1. The molecule has 0 fully saturated rings. The number of benzene rings is 6. The molecule has 5 heteroatoms. The van der Waals surface area contributed by atoms with Crippen LogP contribution in [0.15, 0.2) is 127 Å². The molecule has 0 spiro atoms. The van der Waals surface area contributed by atoms with E-state index in [1.54, 1.807) is 0 Å². The monoisotopic (exact) mass is 583 g/mol. The molecule has 0 aliphatic rings. The SMILES string of the molecule is c1ccc(-c2nc(-n3c4ccccc4c4c5c6ccccc6sc5c5sc6ccccc6c5c43)nc3ccccc23)cc1. The van der Waals surface area contributed by atoms with Crippen molar-refractivity contribution in [2.45, 2.75) is 0 Å². The standard InChI is InChI=1S/C38H21N3S2/c1-2-12-22(13-3-1)34-23-14-4-8-18-27(23)39-38(40-34)41-28-19-9-5-15-24(28)31-32-25-16-6-10-20-29(25)42-36(32)37-33(35(31)41)26-17-7-11-21-30(26)43-37/h1-21H. The van der Waals surface area contributed by atoms with E-state index < -0.39 is 0 Å². The number of hydrogen-bond acceptors (Lipinski definition) is 4. The maximum Gasteiger partial charge on any atom is 0.235 e. The van der Waals surface area contributed by atoms with Crippen molar-refractivity contribution in [3.8, 4) is 17.2 Å². The fraction of sp³-hybridized carbons (Fsp3) is 0. The fourth-order valence-corrected chi connectivity index (χ4v) is 9.37. The number of hydrogen-bond donors (Lipinski definition) is 0. The lowest BCUT2D eigenvalue weighted by atomic mass is 10.0. The first-order valence-corrected chi connectivity index (χ1v) is 16.0. The van der Waals surface area contributed by atoms with Crippen molar-refractivity contribution in [1.29, 1.82) is 0 Å². The van der Waals surface area contributed by atoms with Crippen LogP contribution in [0.5, 0.6) is 0 Å². The van der Waals surface area contributed by atoms with Gasteiger partial charge in [0, 0.05) is 52.7 Å². The van der Waals surface area contributed by atoms with Gasteiger partial charge in [-0.25, -0.2) is 9.97 Å². The number of nitrogens with zero attached hydrogens (tertiary/aromatic N) is 3. The van der Waals surface area contributed by atoms with Crippen molar-refractivity contribution in [3.05, 3.63) is 127 Å². The summed E-state index contributed by atoms with van der Waals surface area (Å²) in [5.41, 5.74) is 5.26. The molecule has 0 unspecified atom stereocenters. The first-order chi connectivity index (χ1) is 21.3. The van der Waals surface area contributed by atoms with E-state index in [2.05, 4.69) is 132 Å². The smallest absolute Gasteiger partial charge is 0.235 e. The van der Waals surface area contributed by atoms with Gasteiger partial charge in [-0.15, -0.1) is 22.7 Å². The van der Waals surface area contributed by atoms with Gasteiger partial charge in [0.15, 0.2) is 0 Å². The lowest BCUT2D eigenvalue weighted by Gasteiger charge is -2.12. The molecule has 0 radical (unpaired) electrons. The molecule has 43 heavy (non-hydrogen) atoms. The average Bonchev–Trinajstić information content (AvgIpc) is 3.74. The molecule has 0 aliphatic heterocycles. The van der Waals surface area contributed by atoms with Crippen molar-refractivity contribution >= 4 is 95.7 Å². The van der Waals surface area contributed by atoms with Gasteiger partial charge in [-0.05, 0) is 24.3 Å². The predicted molar refractivity (Wildman–Crippen MR) is 185 cm³/mol. The van der Waals surface area contributed by atoms with Gasteiger partial charge >= 0.3 is 0 Å². The fourth-order valence-electron chi connectivity index (χ4n) is 6.81. The van der Waals surface area contributed by atoms with Gasteiger partial charge in [-0.2, -0.15) is 0 Å². The third-order valence-electron chi connectivity index (χ3n) is 8.60. The first kappa shape index (κ1) is 23.5. The van der Waals surface area contributed by atoms with E-state index >= 15 is 0 Å². The Labute approximate surface area is 253 Å². The normalized spacial score (nSPS) is 12.2. The van der Waals surface area contributed by atoms with Crippen LogP contribution in [0.25, 0.3) is 90.3 Å². The average molecular weight is 584 g/mol. The van der Waals surface area contributed by atoms with Gasteiger partial charge in [0.05, 0.1) is 31.6 Å². The molecule has 0 N–H and O–H groups in total. The molecule has 0 amide bonds. The molecule has 0 saturated carbocycles. The number of thiophene rings is 2. The second-order valence-corrected chi connectivity index (χ2v) is 13.0. The van der Waals surface area contributed by atoms with Crippen LogP contribution in [0.3, 0.4) is 0 Å². The summed E-state index contributed by atoms with van der Waals surface area (Å²) in [6.45, 7) is 0. The molecule has 0 aliphatic carbocycles. The lowest BCUT2D eigenvalue weighted by molar-refractivity contribution is 1.02. The van der Waals surface area contributed by atoms with Gasteiger partial charge in [0.25, 0.3) is 0 Å². The molecule has 200 valence electrons. The number of rotatable bonds is 2. The van der Waals surface area contributed by atoms with Gasteiger partial charge in [0.1, 0.15) is 0 Å². The molecule has 0 saturated heterocycles. The van der Waals surface area contributed by atoms with Crippen molar-refractivity contribution in [1.82, 2.24) is 14.5 Å². The highest BCUT2D eigenvalue weighted by atomic mass is 32.1. The van der Waals surface area contributed by atoms with Crippen LogP contribution in [0.1, 0.15) is 0 Å². The van der Waals surface area contributed by atoms with Crippen molar-refractivity contribution in [2.75, 3.05) is 0 Å². The molecule has 3 nitrogen and oxygen atoms in total. The Morgan fingerprint density at radius 3 is 1.81 bits per heavy atom. The highest BCUT2D eigenvalue weighted by Crippen LogP contribution is 2.51. The van der Waals surface area contributed by atoms with Gasteiger partial charge in [-0.3, -0.25) is 4.57 Å². The summed E-state index contributed by atoms with van der Waals surface area (Å²) in [7, 11) is 0. The molecule has 0 bridgehead atoms. The molecular formula is C38H21N3S2. The summed E-state index contributed by atoms with van der Waals surface area (Å²) >= 11 is 3.80. The maximum atomic E-state index is 5.37. The summed E-state index contributed by atoms with van der Waals surface area (Å²) in [5, 5.41) is 8.74. The van der Waals surface area contributed by atoms with Crippen molar-refractivity contribution in [3.63, 3.8) is 0 Å². The molecule has 4 heterocycles. The zero-order chi connectivity index (χ0) is 28.1. The highest BCUT2D eigenvalue weighted by molar-refractivity contribution is 7.33. The van der Waals surface area contributed by atoms with E-state index in [-0.39, 0.29) is 0 Å². The molecule has 10 rings (SSSR count).